The van der Waals surface area contributed by atoms with Gasteiger partial charge < -0.3 is 15.4 Å². The molecule has 1 aliphatic heterocycles. The van der Waals surface area contributed by atoms with Gasteiger partial charge in [-0.05, 0) is 36.8 Å². The predicted molar refractivity (Wildman–Crippen MR) is 117 cm³/mol. The molecule has 34 heavy (non-hydrogen) atoms. The van der Waals surface area contributed by atoms with Crippen molar-refractivity contribution >= 4 is 17.5 Å². The van der Waals surface area contributed by atoms with Gasteiger partial charge in [0.2, 0.25) is 5.95 Å². The van der Waals surface area contributed by atoms with Gasteiger partial charge in [-0.25, -0.2) is 4.52 Å². The lowest BCUT2D eigenvalue weighted by molar-refractivity contribution is -0.275. The van der Waals surface area contributed by atoms with E-state index in [0.29, 0.717) is 35.4 Å². The number of hydrogen-bond acceptors (Lipinski definition) is 6. The number of nitrogens with zero attached hydrogens (tertiary/aromatic N) is 5. The Morgan fingerprint density at radius 1 is 1.15 bits per heavy atom. The third-order valence-electron chi connectivity index (χ3n) is 5.80. The number of amides is 1. The number of carbonyl (C=O) groups excluding carboxylic acids is 1. The molecule has 0 spiro atoms. The molecule has 0 fully saturated rings. The summed E-state index contributed by atoms with van der Waals surface area (Å²) in [7, 11) is 0. The van der Waals surface area contributed by atoms with E-state index in [1.54, 1.807) is 42.0 Å². The Balaban J connectivity index is 1.47. The van der Waals surface area contributed by atoms with Crippen molar-refractivity contribution in [2.75, 3.05) is 12.3 Å². The number of benzene rings is 1. The van der Waals surface area contributed by atoms with Crippen LogP contribution in [0.15, 0.2) is 54.9 Å². The van der Waals surface area contributed by atoms with Crippen molar-refractivity contribution in [2.45, 2.75) is 25.7 Å². The SMILES string of the molecule is C[C@H](c1ccccc1OC(F)(F)F)N1CCc2ncc(-c3ccn4nc(N)nc4c3)cc2C1=O. The molecule has 0 unspecified atom stereocenters. The number of alkyl halides is 3. The van der Waals surface area contributed by atoms with Crippen LogP contribution in [0.25, 0.3) is 16.8 Å². The highest BCUT2D eigenvalue weighted by Gasteiger charge is 2.35. The van der Waals surface area contributed by atoms with Crippen LogP contribution in [0.4, 0.5) is 19.1 Å². The van der Waals surface area contributed by atoms with E-state index in [0.717, 1.165) is 5.56 Å². The van der Waals surface area contributed by atoms with Crippen molar-refractivity contribution in [2.24, 2.45) is 0 Å². The highest BCUT2D eigenvalue weighted by atomic mass is 19.4. The number of rotatable bonds is 4. The van der Waals surface area contributed by atoms with Gasteiger partial charge in [-0.2, -0.15) is 4.98 Å². The molecule has 0 aliphatic carbocycles. The molecule has 0 radical (unpaired) electrons. The van der Waals surface area contributed by atoms with Gasteiger partial charge in [0.05, 0.1) is 17.3 Å². The smallest absolute Gasteiger partial charge is 0.405 e. The van der Waals surface area contributed by atoms with Crippen LogP contribution in [-0.2, 0) is 6.42 Å². The maximum absolute atomic E-state index is 13.4. The second-order valence-corrected chi connectivity index (χ2v) is 7.92. The van der Waals surface area contributed by atoms with Gasteiger partial charge in [-0.3, -0.25) is 9.78 Å². The number of fused-ring (bicyclic) bond motifs is 2. The number of ether oxygens (including phenoxy) is 1. The van der Waals surface area contributed by atoms with E-state index in [4.69, 9.17) is 5.73 Å². The Morgan fingerprint density at radius 2 is 1.94 bits per heavy atom. The summed E-state index contributed by atoms with van der Waals surface area (Å²) in [6, 6.07) is 10.5. The summed E-state index contributed by atoms with van der Waals surface area (Å²) in [6.45, 7) is 2.01. The lowest BCUT2D eigenvalue weighted by Crippen LogP contribution is -2.40. The molecule has 5 rings (SSSR count). The van der Waals surface area contributed by atoms with Gasteiger partial charge in [0, 0.05) is 36.5 Å². The molecule has 3 aromatic heterocycles. The van der Waals surface area contributed by atoms with E-state index < -0.39 is 12.4 Å². The first-order chi connectivity index (χ1) is 16.2. The molecule has 1 aromatic carbocycles. The van der Waals surface area contributed by atoms with E-state index in [1.165, 1.54) is 23.1 Å². The minimum Gasteiger partial charge on any atom is -0.405 e. The van der Waals surface area contributed by atoms with Crippen molar-refractivity contribution in [3.05, 3.63) is 71.7 Å². The van der Waals surface area contributed by atoms with E-state index in [-0.39, 0.29) is 23.2 Å². The van der Waals surface area contributed by atoms with Crippen LogP contribution in [-0.4, -0.2) is 43.3 Å². The monoisotopic (exact) mass is 468 g/mol. The van der Waals surface area contributed by atoms with Gasteiger partial charge in [0.15, 0.2) is 5.65 Å². The molecule has 8 nitrogen and oxygen atoms in total. The molecule has 0 saturated carbocycles. The van der Waals surface area contributed by atoms with Gasteiger partial charge >= 0.3 is 6.36 Å². The first-order valence-corrected chi connectivity index (χ1v) is 10.5. The highest BCUT2D eigenvalue weighted by Crippen LogP contribution is 2.35. The van der Waals surface area contributed by atoms with Crippen LogP contribution in [0.3, 0.4) is 0 Å². The number of nitrogens with two attached hydrogens (primary N) is 1. The summed E-state index contributed by atoms with van der Waals surface area (Å²) in [5.74, 6) is -0.484. The summed E-state index contributed by atoms with van der Waals surface area (Å²) in [4.78, 5) is 23.6. The lowest BCUT2D eigenvalue weighted by Gasteiger charge is -2.34. The van der Waals surface area contributed by atoms with Crippen LogP contribution in [0.1, 0.15) is 34.6 Å². The molecule has 1 amide bonds. The quantitative estimate of drug-likeness (QED) is 0.486. The molecule has 2 N–H and O–H groups in total. The van der Waals surface area contributed by atoms with Gasteiger partial charge in [-0.15, -0.1) is 18.3 Å². The first-order valence-electron chi connectivity index (χ1n) is 10.5. The molecule has 4 heterocycles. The van der Waals surface area contributed by atoms with Crippen molar-refractivity contribution < 1.29 is 22.7 Å². The van der Waals surface area contributed by atoms with E-state index in [2.05, 4.69) is 19.8 Å². The van der Waals surface area contributed by atoms with Crippen molar-refractivity contribution in [3.63, 3.8) is 0 Å². The summed E-state index contributed by atoms with van der Waals surface area (Å²) in [5.41, 5.74) is 9.00. The first kappa shape index (κ1) is 21.7. The number of anilines is 1. The van der Waals surface area contributed by atoms with Crippen molar-refractivity contribution in [1.29, 1.82) is 0 Å². The van der Waals surface area contributed by atoms with Crippen LogP contribution in [0.2, 0.25) is 0 Å². The van der Waals surface area contributed by atoms with E-state index in [1.807, 2.05) is 6.07 Å². The van der Waals surface area contributed by atoms with Gasteiger partial charge in [0.25, 0.3) is 5.91 Å². The number of pyridine rings is 2. The Kier molecular flexibility index (Phi) is 5.11. The van der Waals surface area contributed by atoms with Crippen LogP contribution in [0, 0.1) is 0 Å². The number of carbonyl (C=O) groups is 1. The largest absolute Gasteiger partial charge is 0.573 e. The minimum atomic E-state index is -4.83. The summed E-state index contributed by atoms with van der Waals surface area (Å²) in [5, 5.41) is 4.04. The maximum Gasteiger partial charge on any atom is 0.573 e. The number of halogens is 3. The molecule has 0 bridgehead atoms. The normalized spacial score (nSPS) is 14.8. The Labute approximate surface area is 191 Å². The summed E-state index contributed by atoms with van der Waals surface area (Å²) < 4.78 is 44.4. The second-order valence-electron chi connectivity index (χ2n) is 7.92. The molecular weight excluding hydrogens is 449 g/mol. The molecule has 11 heteroatoms. The zero-order chi connectivity index (χ0) is 24.0. The molecule has 1 atom stereocenters. The average Bonchev–Trinajstić information content (AvgIpc) is 3.17. The lowest BCUT2D eigenvalue weighted by atomic mass is 9.97. The summed E-state index contributed by atoms with van der Waals surface area (Å²) in [6.07, 6.45) is -0.957. The van der Waals surface area contributed by atoms with Crippen molar-refractivity contribution in [3.8, 4) is 16.9 Å². The molecule has 4 aromatic rings. The number of para-hydroxylation sites is 1. The van der Waals surface area contributed by atoms with Gasteiger partial charge in [-0.1, -0.05) is 18.2 Å². The Morgan fingerprint density at radius 3 is 2.74 bits per heavy atom. The number of aromatic nitrogens is 4. The summed E-state index contributed by atoms with van der Waals surface area (Å²) >= 11 is 0. The van der Waals surface area contributed by atoms with Crippen LogP contribution < -0.4 is 10.5 Å². The predicted octanol–water partition coefficient (Wildman–Crippen LogP) is 4.03. The topological polar surface area (TPSA) is 98.6 Å². The fourth-order valence-electron chi connectivity index (χ4n) is 4.18. The Bertz CT molecular complexity index is 1400. The zero-order valence-electron chi connectivity index (χ0n) is 18.0. The van der Waals surface area contributed by atoms with Crippen molar-refractivity contribution in [1.82, 2.24) is 24.5 Å². The van der Waals surface area contributed by atoms with Crippen LogP contribution in [0.5, 0.6) is 5.75 Å². The molecular formula is C23H19F3N6O2. The number of hydrogen-bond donors (Lipinski definition) is 1. The third-order valence-corrected chi connectivity index (χ3v) is 5.80. The Hall–Kier alpha value is -4.15. The molecule has 1 aliphatic rings. The zero-order valence-corrected chi connectivity index (χ0v) is 18.0. The average molecular weight is 468 g/mol. The fraction of sp³-hybridized carbons (Fsp3) is 0.217. The molecule has 174 valence electrons. The highest BCUT2D eigenvalue weighted by molar-refractivity contribution is 5.97. The van der Waals surface area contributed by atoms with E-state index >= 15 is 0 Å². The standard InChI is InChI=1S/C23H19F3N6O2/c1-13(16-4-2-3-5-19(16)34-23(24,25)26)31-8-7-18-17(21(31)33)10-15(12-28-18)14-6-9-32-20(11-14)29-22(27)30-32/h2-6,9-13H,7-8H2,1H3,(H2,27,30)/t13-/m1/s1. The molecule has 0 saturated heterocycles. The minimum absolute atomic E-state index is 0.148. The number of nitrogen functional groups attached to an aromatic ring is 1. The van der Waals surface area contributed by atoms with E-state index in [9.17, 15) is 18.0 Å². The third kappa shape index (κ3) is 4.00. The van der Waals surface area contributed by atoms with Crippen LogP contribution >= 0.6 is 0 Å². The van der Waals surface area contributed by atoms with Gasteiger partial charge in [0.1, 0.15) is 5.75 Å². The second kappa shape index (κ2) is 8.01. The fourth-order valence-corrected chi connectivity index (χ4v) is 4.18. The maximum atomic E-state index is 13.4.